The number of furan rings is 1. The predicted molar refractivity (Wildman–Crippen MR) is 113 cm³/mol. The number of imide groups is 1. The van der Waals surface area contributed by atoms with Crippen LogP contribution in [0.1, 0.15) is 32.2 Å². The van der Waals surface area contributed by atoms with Crippen LogP contribution in [0.25, 0.3) is 11.1 Å². The SMILES string of the molecule is CNC(=O)c1ccc2oc([C@]3(CN4Cc5ccc(OC)cc5C4=O)NC(=O)NC3=O)cc2n1. The summed E-state index contributed by atoms with van der Waals surface area (Å²) < 4.78 is 11.1. The minimum atomic E-state index is -1.66. The lowest BCUT2D eigenvalue weighted by molar-refractivity contribution is -0.125. The lowest BCUT2D eigenvalue weighted by Gasteiger charge is -2.28. The van der Waals surface area contributed by atoms with Crippen molar-refractivity contribution in [1.82, 2.24) is 25.8 Å². The molecule has 0 aliphatic carbocycles. The summed E-state index contributed by atoms with van der Waals surface area (Å²) in [5.74, 6) is -0.686. The molecule has 0 unspecified atom stereocenters. The van der Waals surface area contributed by atoms with Crippen molar-refractivity contribution >= 4 is 34.9 Å². The van der Waals surface area contributed by atoms with Crippen LogP contribution in [-0.2, 0) is 16.9 Å². The van der Waals surface area contributed by atoms with Gasteiger partial charge in [0.15, 0.2) is 11.1 Å². The molecule has 1 fully saturated rings. The van der Waals surface area contributed by atoms with Crippen LogP contribution >= 0.6 is 0 Å². The molecule has 11 heteroatoms. The largest absolute Gasteiger partial charge is 0.497 e. The molecule has 11 nitrogen and oxygen atoms in total. The average Bonchev–Trinajstić information content (AvgIpc) is 3.46. The van der Waals surface area contributed by atoms with Crippen molar-refractivity contribution in [2.45, 2.75) is 12.1 Å². The first-order chi connectivity index (χ1) is 15.8. The quantitative estimate of drug-likeness (QED) is 0.491. The molecule has 3 aromatic rings. The molecule has 0 saturated carbocycles. The Morgan fingerprint density at radius 1 is 1.24 bits per heavy atom. The second kappa shape index (κ2) is 7.33. The Kier molecular flexibility index (Phi) is 4.55. The van der Waals surface area contributed by atoms with Crippen LogP contribution in [0.5, 0.6) is 5.75 Å². The minimum Gasteiger partial charge on any atom is -0.497 e. The van der Waals surface area contributed by atoms with Crippen molar-refractivity contribution in [2.75, 3.05) is 20.7 Å². The Labute approximate surface area is 187 Å². The predicted octanol–water partition coefficient (Wildman–Crippen LogP) is 0.887. The highest BCUT2D eigenvalue weighted by Gasteiger charge is 2.53. The first-order valence-corrected chi connectivity index (χ1v) is 10.1. The minimum absolute atomic E-state index is 0.101. The molecule has 0 spiro atoms. The average molecular weight is 449 g/mol. The van der Waals surface area contributed by atoms with Gasteiger partial charge >= 0.3 is 6.03 Å². The summed E-state index contributed by atoms with van der Waals surface area (Å²) in [6, 6.07) is 9.02. The van der Waals surface area contributed by atoms with Crippen molar-refractivity contribution in [3.8, 4) is 5.75 Å². The van der Waals surface area contributed by atoms with E-state index < -0.39 is 17.5 Å². The molecule has 1 saturated heterocycles. The van der Waals surface area contributed by atoms with Gasteiger partial charge in [-0.15, -0.1) is 0 Å². The molecule has 3 N–H and O–H groups in total. The molecular formula is C22H19N5O6. The first-order valence-electron chi connectivity index (χ1n) is 10.1. The zero-order chi connectivity index (χ0) is 23.3. The molecule has 1 aromatic carbocycles. The van der Waals surface area contributed by atoms with Crippen LogP contribution in [0.2, 0.25) is 0 Å². The van der Waals surface area contributed by atoms with Crippen LogP contribution in [0.3, 0.4) is 0 Å². The number of methoxy groups -OCH3 is 1. The third-order valence-corrected chi connectivity index (χ3v) is 5.82. The van der Waals surface area contributed by atoms with Crippen LogP contribution in [0, 0.1) is 0 Å². The molecule has 0 radical (unpaired) electrons. The summed E-state index contributed by atoms with van der Waals surface area (Å²) >= 11 is 0. The maximum Gasteiger partial charge on any atom is 0.322 e. The van der Waals surface area contributed by atoms with Gasteiger partial charge in [0, 0.05) is 25.2 Å². The Hall–Kier alpha value is -4.41. The highest BCUT2D eigenvalue weighted by Crippen LogP contribution is 2.34. The second-order valence-electron chi connectivity index (χ2n) is 7.77. The van der Waals surface area contributed by atoms with Gasteiger partial charge in [-0.05, 0) is 29.8 Å². The van der Waals surface area contributed by atoms with Crippen LogP contribution < -0.4 is 20.7 Å². The number of benzene rings is 1. The number of aromatic nitrogens is 1. The number of nitrogens with one attached hydrogen (secondary N) is 3. The van der Waals surface area contributed by atoms with Gasteiger partial charge in [0.25, 0.3) is 17.7 Å². The number of urea groups is 1. The molecule has 168 valence electrons. The lowest BCUT2D eigenvalue weighted by atomic mass is 9.95. The van der Waals surface area contributed by atoms with Crippen molar-refractivity contribution in [1.29, 1.82) is 0 Å². The normalized spacial score (nSPS) is 19.5. The van der Waals surface area contributed by atoms with Crippen molar-refractivity contribution in [3.63, 3.8) is 0 Å². The maximum absolute atomic E-state index is 13.1. The van der Waals surface area contributed by atoms with Crippen molar-refractivity contribution < 1.29 is 28.3 Å². The summed E-state index contributed by atoms with van der Waals surface area (Å²) in [5.41, 5.74) is 0.419. The Morgan fingerprint density at radius 3 is 2.76 bits per heavy atom. The molecule has 5 rings (SSSR count). The van der Waals surface area contributed by atoms with Gasteiger partial charge in [0.1, 0.15) is 22.7 Å². The smallest absolute Gasteiger partial charge is 0.322 e. The van der Waals surface area contributed by atoms with E-state index in [4.69, 9.17) is 9.15 Å². The maximum atomic E-state index is 13.1. The van der Waals surface area contributed by atoms with E-state index in [1.165, 1.54) is 31.2 Å². The third-order valence-electron chi connectivity index (χ3n) is 5.82. The fraction of sp³-hybridized carbons (Fsp3) is 0.227. The topological polar surface area (TPSA) is 143 Å². The monoisotopic (exact) mass is 449 g/mol. The van der Waals surface area contributed by atoms with Gasteiger partial charge in [-0.25, -0.2) is 9.78 Å². The highest BCUT2D eigenvalue weighted by atomic mass is 16.5. The number of ether oxygens (including phenoxy) is 1. The molecule has 5 amide bonds. The number of fused-ring (bicyclic) bond motifs is 2. The van der Waals surface area contributed by atoms with E-state index in [2.05, 4.69) is 20.9 Å². The van der Waals surface area contributed by atoms with E-state index in [1.54, 1.807) is 24.3 Å². The first kappa shape index (κ1) is 20.5. The summed E-state index contributed by atoms with van der Waals surface area (Å²) in [6.45, 7) is 0.0882. The van der Waals surface area contributed by atoms with Crippen molar-refractivity contribution in [2.24, 2.45) is 0 Å². The van der Waals surface area contributed by atoms with E-state index in [0.717, 1.165) is 5.56 Å². The Bertz CT molecular complexity index is 1350. The van der Waals surface area contributed by atoms with Gasteiger partial charge < -0.3 is 24.7 Å². The van der Waals surface area contributed by atoms with E-state index in [9.17, 15) is 19.2 Å². The number of carbonyl (C=O) groups is 4. The lowest BCUT2D eigenvalue weighted by Crippen LogP contribution is -2.52. The number of hydrogen-bond donors (Lipinski definition) is 3. The molecule has 2 aliphatic heterocycles. The molecule has 4 heterocycles. The summed E-state index contributed by atoms with van der Waals surface area (Å²) in [6.07, 6.45) is 0. The number of hydrogen-bond acceptors (Lipinski definition) is 7. The molecular weight excluding hydrogens is 430 g/mol. The highest BCUT2D eigenvalue weighted by molar-refractivity contribution is 6.08. The fourth-order valence-electron chi connectivity index (χ4n) is 4.12. The zero-order valence-electron chi connectivity index (χ0n) is 17.7. The van der Waals surface area contributed by atoms with Crippen molar-refractivity contribution in [3.05, 3.63) is 59.0 Å². The Balaban J connectivity index is 1.54. The standard InChI is InChI=1S/C22H19N5O6/c1-23-18(28)14-5-6-16-15(24-14)8-17(33-16)22(20(30)25-21(31)26-22)10-27-9-11-3-4-12(32-2)7-13(11)19(27)29/h3-8H,9-10H2,1-2H3,(H,23,28)(H2,25,26,30,31)/t22-/m0/s1. The van der Waals surface area contributed by atoms with E-state index in [-0.39, 0.29) is 36.4 Å². The van der Waals surface area contributed by atoms with Gasteiger partial charge in [0.05, 0.1) is 13.7 Å². The van der Waals surface area contributed by atoms with Crippen LogP contribution in [0.15, 0.2) is 40.8 Å². The molecule has 0 bridgehead atoms. The number of nitrogens with zero attached hydrogens (tertiary/aromatic N) is 2. The number of carbonyl (C=O) groups excluding carboxylic acids is 4. The molecule has 1 atom stereocenters. The molecule has 2 aliphatic rings. The summed E-state index contributed by atoms with van der Waals surface area (Å²) in [7, 11) is 3.00. The van der Waals surface area contributed by atoms with Gasteiger partial charge in [-0.2, -0.15) is 0 Å². The van der Waals surface area contributed by atoms with E-state index in [1.807, 2.05) is 0 Å². The third kappa shape index (κ3) is 3.16. The summed E-state index contributed by atoms with van der Waals surface area (Å²) in [5, 5.41) is 7.34. The molecule has 33 heavy (non-hydrogen) atoms. The van der Waals surface area contributed by atoms with Gasteiger partial charge in [-0.1, -0.05) is 6.07 Å². The van der Waals surface area contributed by atoms with Crippen LogP contribution in [0.4, 0.5) is 4.79 Å². The van der Waals surface area contributed by atoms with Crippen LogP contribution in [-0.4, -0.2) is 54.3 Å². The number of amides is 5. The number of pyridine rings is 1. The Morgan fingerprint density at radius 2 is 2.06 bits per heavy atom. The van der Waals surface area contributed by atoms with E-state index in [0.29, 0.717) is 22.4 Å². The zero-order valence-corrected chi connectivity index (χ0v) is 17.7. The van der Waals surface area contributed by atoms with Gasteiger partial charge in [0.2, 0.25) is 0 Å². The van der Waals surface area contributed by atoms with E-state index >= 15 is 0 Å². The van der Waals surface area contributed by atoms with Gasteiger partial charge in [-0.3, -0.25) is 19.7 Å². The number of rotatable bonds is 5. The molecule has 2 aromatic heterocycles. The second-order valence-corrected chi connectivity index (χ2v) is 7.77. The fourth-order valence-corrected chi connectivity index (χ4v) is 4.12. The summed E-state index contributed by atoms with van der Waals surface area (Å²) in [4.78, 5) is 55.8.